The SMILES string of the molecule is Cc1[nH]c2c(Cl)cccc2c1S(=O)(=O)c1ccc(N)c(Cl)c1. The van der Waals surface area contributed by atoms with Crippen LogP contribution in [-0.4, -0.2) is 13.4 Å². The summed E-state index contributed by atoms with van der Waals surface area (Å²) in [4.78, 5) is 3.32. The fourth-order valence-electron chi connectivity index (χ4n) is 2.43. The van der Waals surface area contributed by atoms with Gasteiger partial charge in [0.25, 0.3) is 0 Å². The van der Waals surface area contributed by atoms with Crippen molar-refractivity contribution in [2.75, 3.05) is 5.73 Å². The van der Waals surface area contributed by atoms with Crippen LogP contribution in [0.4, 0.5) is 5.69 Å². The number of aromatic nitrogens is 1. The number of H-pyrrole nitrogens is 1. The molecule has 0 aliphatic carbocycles. The molecule has 0 saturated carbocycles. The lowest BCUT2D eigenvalue weighted by molar-refractivity contribution is 0.596. The second kappa shape index (κ2) is 5.19. The van der Waals surface area contributed by atoms with Crippen LogP contribution in [0.25, 0.3) is 10.9 Å². The third kappa shape index (κ3) is 2.26. The standard InChI is InChI=1S/C15H12Cl2N2O2S/c1-8-15(10-3-2-4-11(16)14(10)19-8)22(20,21)9-5-6-13(18)12(17)7-9/h2-7,19H,18H2,1H3. The van der Waals surface area contributed by atoms with Gasteiger partial charge in [0, 0.05) is 11.1 Å². The maximum Gasteiger partial charge on any atom is 0.209 e. The highest BCUT2D eigenvalue weighted by Gasteiger charge is 2.25. The lowest BCUT2D eigenvalue weighted by atomic mass is 10.2. The van der Waals surface area contributed by atoms with Crippen LogP contribution in [0.5, 0.6) is 0 Å². The first kappa shape index (κ1) is 15.2. The first-order chi connectivity index (χ1) is 10.3. The summed E-state index contributed by atoms with van der Waals surface area (Å²) in [6.07, 6.45) is 0. The van der Waals surface area contributed by atoms with Crippen LogP contribution in [-0.2, 0) is 9.84 Å². The van der Waals surface area contributed by atoms with Gasteiger partial charge >= 0.3 is 0 Å². The van der Waals surface area contributed by atoms with Crippen LogP contribution in [0.15, 0.2) is 46.2 Å². The summed E-state index contributed by atoms with van der Waals surface area (Å²) in [5.41, 5.74) is 7.10. The predicted molar refractivity (Wildman–Crippen MR) is 89.4 cm³/mol. The van der Waals surface area contributed by atoms with E-state index in [1.165, 1.54) is 18.2 Å². The number of anilines is 1. The minimum atomic E-state index is -3.74. The highest BCUT2D eigenvalue weighted by atomic mass is 35.5. The van der Waals surface area contributed by atoms with Crippen molar-refractivity contribution in [2.45, 2.75) is 16.7 Å². The molecule has 1 aromatic heterocycles. The number of nitrogen functional groups attached to an aromatic ring is 1. The highest BCUT2D eigenvalue weighted by molar-refractivity contribution is 7.91. The van der Waals surface area contributed by atoms with E-state index in [4.69, 9.17) is 28.9 Å². The monoisotopic (exact) mass is 354 g/mol. The Morgan fingerprint density at radius 1 is 1.09 bits per heavy atom. The summed E-state index contributed by atoms with van der Waals surface area (Å²) in [5, 5.41) is 1.23. The molecule has 0 radical (unpaired) electrons. The highest BCUT2D eigenvalue weighted by Crippen LogP contribution is 2.35. The van der Waals surface area contributed by atoms with Crippen molar-refractivity contribution < 1.29 is 8.42 Å². The van der Waals surface area contributed by atoms with E-state index in [1.54, 1.807) is 25.1 Å². The first-order valence-electron chi connectivity index (χ1n) is 6.39. The van der Waals surface area contributed by atoms with Gasteiger partial charge in [-0.25, -0.2) is 8.42 Å². The maximum absolute atomic E-state index is 12.9. The molecule has 7 heteroatoms. The third-order valence-corrected chi connectivity index (χ3v) is 6.04. The van der Waals surface area contributed by atoms with Gasteiger partial charge in [0.15, 0.2) is 0 Å². The normalized spacial score (nSPS) is 12.0. The smallest absolute Gasteiger partial charge is 0.209 e. The maximum atomic E-state index is 12.9. The Balaban J connectivity index is 2.32. The fourth-order valence-corrected chi connectivity index (χ4v) is 4.56. The summed E-state index contributed by atoms with van der Waals surface area (Å²) < 4.78 is 25.9. The van der Waals surface area contributed by atoms with Gasteiger partial charge in [-0.2, -0.15) is 0 Å². The summed E-state index contributed by atoms with van der Waals surface area (Å²) >= 11 is 12.1. The van der Waals surface area contributed by atoms with Crippen molar-refractivity contribution in [3.63, 3.8) is 0 Å². The number of hydrogen-bond acceptors (Lipinski definition) is 3. The number of hydrogen-bond donors (Lipinski definition) is 2. The van der Waals surface area contributed by atoms with Crippen LogP contribution in [0.2, 0.25) is 10.0 Å². The minimum Gasteiger partial charge on any atom is -0.398 e. The topological polar surface area (TPSA) is 76.0 Å². The van der Waals surface area contributed by atoms with Crippen molar-refractivity contribution in [1.82, 2.24) is 4.98 Å². The Kier molecular flexibility index (Phi) is 3.59. The Morgan fingerprint density at radius 2 is 1.82 bits per heavy atom. The average Bonchev–Trinajstić information content (AvgIpc) is 2.80. The molecule has 0 saturated heterocycles. The Morgan fingerprint density at radius 3 is 2.50 bits per heavy atom. The number of para-hydroxylation sites is 1. The third-order valence-electron chi connectivity index (χ3n) is 3.46. The molecule has 114 valence electrons. The van der Waals surface area contributed by atoms with Crippen LogP contribution >= 0.6 is 23.2 Å². The van der Waals surface area contributed by atoms with Crippen LogP contribution in [0.3, 0.4) is 0 Å². The van der Waals surface area contributed by atoms with Crippen LogP contribution in [0, 0.1) is 6.92 Å². The average molecular weight is 355 g/mol. The molecule has 0 amide bonds. The second-order valence-electron chi connectivity index (χ2n) is 4.93. The van der Waals surface area contributed by atoms with Gasteiger partial charge in [-0.1, -0.05) is 35.3 Å². The zero-order chi connectivity index (χ0) is 16.1. The zero-order valence-corrected chi connectivity index (χ0v) is 13.9. The van der Waals surface area contributed by atoms with Gasteiger partial charge < -0.3 is 10.7 Å². The van der Waals surface area contributed by atoms with E-state index in [9.17, 15) is 8.42 Å². The van der Waals surface area contributed by atoms with E-state index < -0.39 is 9.84 Å². The number of benzene rings is 2. The fraction of sp³-hybridized carbons (Fsp3) is 0.0667. The van der Waals surface area contributed by atoms with Gasteiger partial charge in [-0.15, -0.1) is 0 Å². The number of aromatic amines is 1. The van der Waals surface area contributed by atoms with Gasteiger partial charge in [0.2, 0.25) is 9.84 Å². The molecule has 1 heterocycles. The Labute approximate surface area is 137 Å². The molecular weight excluding hydrogens is 343 g/mol. The summed E-state index contributed by atoms with van der Waals surface area (Å²) in [6.45, 7) is 1.70. The number of fused-ring (bicyclic) bond motifs is 1. The van der Waals surface area contributed by atoms with E-state index in [1.807, 2.05) is 0 Å². The largest absolute Gasteiger partial charge is 0.398 e. The molecule has 0 unspecified atom stereocenters. The molecule has 0 aliphatic rings. The van der Waals surface area contributed by atoms with Gasteiger partial charge in [0.1, 0.15) is 0 Å². The molecular formula is C15H12Cl2N2O2S. The molecule has 3 N–H and O–H groups in total. The van der Waals surface area contributed by atoms with E-state index >= 15 is 0 Å². The summed E-state index contributed by atoms with van der Waals surface area (Å²) in [5.74, 6) is 0. The number of aryl methyl sites for hydroxylation is 1. The van der Waals surface area contributed by atoms with Crippen LogP contribution in [0.1, 0.15) is 5.69 Å². The van der Waals surface area contributed by atoms with Gasteiger partial charge in [-0.3, -0.25) is 0 Å². The second-order valence-corrected chi connectivity index (χ2v) is 7.63. The number of rotatable bonds is 2. The first-order valence-corrected chi connectivity index (χ1v) is 8.63. The summed E-state index contributed by atoms with van der Waals surface area (Å²) in [6, 6.07) is 9.42. The summed E-state index contributed by atoms with van der Waals surface area (Å²) in [7, 11) is -3.74. The quantitative estimate of drug-likeness (QED) is 0.677. The van der Waals surface area contributed by atoms with Crippen molar-refractivity contribution in [1.29, 1.82) is 0 Å². The molecule has 22 heavy (non-hydrogen) atoms. The molecule has 0 bridgehead atoms. The molecule has 2 aromatic carbocycles. The molecule has 3 rings (SSSR count). The lowest BCUT2D eigenvalue weighted by Gasteiger charge is -2.07. The molecule has 0 fully saturated rings. The molecule has 3 aromatic rings. The number of nitrogens with one attached hydrogen (secondary N) is 1. The Hall–Kier alpha value is -1.69. The van der Waals surface area contributed by atoms with Crippen molar-refractivity contribution >= 4 is 49.6 Å². The molecule has 4 nitrogen and oxygen atoms in total. The van der Waals surface area contributed by atoms with Gasteiger partial charge in [0.05, 0.1) is 31.0 Å². The number of nitrogens with two attached hydrogens (primary N) is 1. The van der Waals surface area contributed by atoms with Crippen molar-refractivity contribution in [2.24, 2.45) is 0 Å². The van der Waals surface area contributed by atoms with E-state index in [0.717, 1.165) is 0 Å². The zero-order valence-electron chi connectivity index (χ0n) is 11.5. The van der Waals surface area contributed by atoms with E-state index in [2.05, 4.69) is 4.98 Å². The number of halogens is 2. The lowest BCUT2D eigenvalue weighted by Crippen LogP contribution is -2.03. The molecule has 0 spiro atoms. The van der Waals surface area contributed by atoms with E-state index in [0.29, 0.717) is 27.3 Å². The van der Waals surface area contributed by atoms with Gasteiger partial charge in [-0.05, 0) is 31.2 Å². The number of sulfone groups is 1. The molecule has 0 atom stereocenters. The van der Waals surface area contributed by atoms with Crippen LogP contribution < -0.4 is 5.73 Å². The molecule has 0 aliphatic heterocycles. The minimum absolute atomic E-state index is 0.0932. The van der Waals surface area contributed by atoms with Crippen molar-refractivity contribution in [3.05, 3.63) is 52.1 Å². The predicted octanol–water partition coefficient (Wildman–Crippen LogP) is 4.20. The van der Waals surface area contributed by atoms with E-state index in [-0.39, 0.29) is 14.8 Å². The van der Waals surface area contributed by atoms with Crippen molar-refractivity contribution in [3.8, 4) is 0 Å². The Bertz CT molecular complexity index is 994.